The Morgan fingerprint density at radius 2 is 0.581 bits per heavy atom. The maximum absolute atomic E-state index is 12.7. The molecule has 1 atom stereocenters. The van der Waals surface area contributed by atoms with Crippen molar-refractivity contribution >= 4 is 17.9 Å². The lowest BCUT2D eigenvalue weighted by Gasteiger charge is -2.18. The van der Waals surface area contributed by atoms with E-state index >= 15 is 0 Å². The number of allylic oxidation sites excluding steroid dienone is 4. The van der Waals surface area contributed by atoms with Gasteiger partial charge < -0.3 is 14.2 Å². The molecule has 0 fully saturated rings. The van der Waals surface area contributed by atoms with Gasteiger partial charge in [-0.15, -0.1) is 0 Å². The first-order valence-electron chi connectivity index (χ1n) is 27.3. The predicted molar refractivity (Wildman–Crippen MR) is 266 cm³/mol. The van der Waals surface area contributed by atoms with Crippen LogP contribution in [0.4, 0.5) is 0 Å². The summed E-state index contributed by atoms with van der Waals surface area (Å²) in [6.07, 6.45) is 59.2. The van der Waals surface area contributed by atoms with Gasteiger partial charge >= 0.3 is 17.9 Å². The largest absolute Gasteiger partial charge is 0.462 e. The Kier molecular flexibility index (Phi) is 49.8. The molecule has 0 spiro atoms. The van der Waals surface area contributed by atoms with Crippen LogP contribution in [0.5, 0.6) is 0 Å². The third-order valence-electron chi connectivity index (χ3n) is 12.2. The summed E-state index contributed by atoms with van der Waals surface area (Å²) < 4.78 is 16.7. The van der Waals surface area contributed by atoms with Crippen LogP contribution in [-0.2, 0) is 28.6 Å². The zero-order chi connectivity index (χ0) is 45.1. The molecule has 0 N–H and O–H groups in total. The number of rotatable bonds is 50. The third-order valence-corrected chi connectivity index (χ3v) is 12.2. The van der Waals surface area contributed by atoms with Crippen molar-refractivity contribution in [1.29, 1.82) is 0 Å². The van der Waals surface area contributed by atoms with E-state index in [4.69, 9.17) is 14.2 Å². The highest BCUT2D eigenvalue weighted by atomic mass is 16.6. The molecule has 62 heavy (non-hydrogen) atoms. The van der Waals surface area contributed by atoms with Crippen LogP contribution < -0.4 is 0 Å². The first kappa shape index (κ1) is 59.9. The quantitative estimate of drug-likeness (QED) is 0.0262. The van der Waals surface area contributed by atoms with Gasteiger partial charge in [-0.2, -0.15) is 0 Å². The van der Waals surface area contributed by atoms with E-state index in [1.165, 1.54) is 193 Å². The molecule has 364 valence electrons. The topological polar surface area (TPSA) is 78.9 Å². The first-order chi connectivity index (χ1) is 30.5. The van der Waals surface area contributed by atoms with Crippen LogP contribution in [0.3, 0.4) is 0 Å². The molecule has 0 saturated heterocycles. The monoisotopic (exact) mass is 873 g/mol. The molecule has 0 aliphatic rings. The minimum atomic E-state index is -0.761. The van der Waals surface area contributed by atoms with Crippen LogP contribution >= 0.6 is 0 Å². The summed E-state index contributed by atoms with van der Waals surface area (Å²) >= 11 is 0. The van der Waals surface area contributed by atoms with Crippen LogP contribution in [0.15, 0.2) is 24.3 Å². The molecule has 0 heterocycles. The molecule has 0 aromatic heterocycles. The van der Waals surface area contributed by atoms with Gasteiger partial charge in [0.15, 0.2) is 6.10 Å². The lowest BCUT2D eigenvalue weighted by Crippen LogP contribution is -2.30. The van der Waals surface area contributed by atoms with Gasteiger partial charge in [-0.3, -0.25) is 14.4 Å². The lowest BCUT2D eigenvalue weighted by atomic mass is 10.0. The number of carbonyl (C=O) groups excluding carboxylic acids is 3. The molecule has 0 aliphatic carbocycles. The highest BCUT2D eigenvalue weighted by Crippen LogP contribution is 2.16. The molecular formula is C56H104O6. The van der Waals surface area contributed by atoms with E-state index in [1.807, 2.05) is 0 Å². The van der Waals surface area contributed by atoms with Gasteiger partial charge in [0.2, 0.25) is 0 Å². The van der Waals surface area contributed by atoms with Crippen molar-refractivity contribution in [3.63, 3.8) is 0 Å². The summed E-state index contributed by atoms with van der Waals surface area (Å²) in [5, 5.41) is 0. The second-order valence-electron chi connectivity index (χ2n) is 18.5. The molecule has 6 heteroatoms. The third kappa shape index (κ3) is 48.9. The van der Waals surface area contributed by atoms with Gasteiger partial charge in [-0.05, 0) is 51.4 Å². The van der Waals surface area contributed by atoms with E-state index in [1.54, 1.807) is 0 Å². The Balaban J connectivity index is 3.99. The van der Waals surface area contributed by atoms with E-state index in [9.17, 15) is 14.4 Å². The standard InChI is InChI=1S/C56H104O6/c1-4-7-10-13-16-18-20-21-22-23-24-25-26-27-28-29-30-31-32-33-34-35-37-38-40-43-46-49-55(58)61-52-53(51-60-54(57)48-45-42-15-12-9-6-3)62-56(59)50-47-44-41-39-36-19-17-14-11-8-5-2/h20-21,23-24,53H,4-19,22,25-52H2,1-3H3/b21-20-,24-23-. The molecule has 0 saturated carbocycles. The summed E-state index contributed by atoms with van der Waals surface area (Å²) in [5.41, 5.74) is 0. The lowest BCUT2D eigenvalue weighted by molar-refractivity contribution is -0.167. The van der Waals surface area contributed by atoms with E-state index in [0.29, 0.717) is 19.3 Å². The number of hydrogen-bond donors (Lipinski definition) is 0. The highest BCUT2D eigenvalue weighted by molar-refractivity contribution is 5.71. The number of ether oxygens (including phenoxy) is 3. The molecule has 0 bridgehead atoms. The average Bonchev–Trinajstić information content (AvgIpc) is 3.27. The molecule has 1 unspecified atom stereocenters. The maximum Gasteiger partial charge on any atom is 0.306 e. The maximum atomic E-state index is 12.7. The molecule has 0 radical (unpaired) electrons. The van der Waals surface area contributed by atoms with Crippen LogP contribution in [0, 0.1) is 0 Å². The fraction of sp³-hybridized carbons (Fsp3) is 0.875. The number of carbonyl (C=O) groups is 3. The normalized spacial score (nSPS) is 12.1. The van der Waals surface area contributed by atoms with Gasteiger partial charge in [0.1, 0.15) is 13.2 Å². The van der Waals surface area contributed by atoms with Crippen molar-refractivity contribution in [1.82, 2.24) is 0 Å². The molecule has 6 nitrogen and oxygen atoms in total. The molecule has 0 rings (SSSR count). The van der Waals surface area contributed by atoms with Gasteiger partial charge in [-0.25, -0.2) is 0 Å². The van der Waals surface area contributed by atoms with Crippen molar-refractivity contribution in [2.75, 3.05) is 13.2 Å². The minimum Gasteiger partial charge on any atom is -0.462 e. The van der Waals surface area contributed by atoms with E-state index < -0.39 is 6.10 Å². The van der Waals surface area contributed by atoms with Crippen LogP contribution in [-0.4, -0.2) is 37.2 Å². The SMILES string of the molecule is CCCCCCC/C=C\C/C=C\CCCCCCCCCCCCCCCCCC(=O)OCC(COC(=O)CCCCCCCC)OC(=O)CCCCCCCCCCCCC. The first-order valence-corrected chi connectivity index (χ1v) is 27.3. The van der Waals surface area contributed by atoms with Crippen LogP contribution in [0.2, 0.25) is 0 Å². The van der Waals surface area contributed by atoms with E-state index in [-0.39, 0.29) is 31.1 Å². The zero-order valence-electron chi connectivity index (χ0n) is 41.7. The average molecular weight is 873 g/mol. The van der Waals surface area contributed by atoms with Gasteiger partial charge in [0.25, 0.3) is 0 Å². The molecular weight excluding hydrogens is 769 g/mol. The Morgan fingerprint density at radius 3 is 0.887 bits per heavy atom. The summed E-state index contributed by atoms with van der Waals surface area (Å²) in [7, 11) is 0. The Hall–Kier alpha value is -2.11. The van der Waals surface area contributed by atoms with Gasteiger partial charge in [0, 0.05) is 19.3 Å². The summed E-state index contributed by atoms with van der Waals surface area (Å²) in [5.74, 6) is -0.864. The second kappa shape index (κ2) is 51.5. The van der Waals surface area contributed by atoms with Crippen molar-refractivity contribution in [2.24, 2.45) is 0 Å². The van der Waals surface area contributed by atoms with Crippen molar-refractivity contribution in [2.45, 2.75) is 303 Å². The van der Waals surface area contributed by atoms with E-state index in [0.717, 1.165) is 64.2 Å². The highest BCUT2D eigenvalue weighted by Gasteiger charge is 2.19. The van der Waals surface area contributed by atoms with Crippen molar-refractivity contribution in [3.8, 4) is 0 Å². The smallest absolute Gasteiger partial charge is 0.306 e. The second-order valence-corrected chi connectivity index (χ2v) is 18.5. The molecule has 0 aliphatic heterocycles. The summed E-state index contributed by atoms with van der Waals surface area (Å²) in [6.45, 7) is 6.59. The fourth-order valence-corrected chi connectivity index (χ4v) is 8.06. The fourth-order valence-electron chi connectivity index (χ4n) is 8.06. The molecule has 0 aromatic rings. The summed E-state index contributed by atoms with van der Waals surface area (Å²) in [4.78, 5) is 37.7. The Morgan fingerprint density at radius 1 is 0.323 bits per heavy atom. The van der Waals surface area contributed by atoms with Gasteiger partial charge in [-0.1, -0.05) is 251 Å². The van der Waals surface area contributed by atoms with Crippen molar-refractivity contribution in [3.05, 3.63) is 24.3 Å². The zero-order valence-corrected chi connectivity index (χ0v) is 41.7. The predicted octanol–water partition coefficient (Wildman–Crippen LogP) is 17.9. The Bertz CT molecular complexity index is 1000. The summed E-state index contributed by atoms with van der Waals surface area (Å²) in [6, 6.07) is 0. The van der Waals surface area contributed by atoms with Crippen molar-refractivity contribution < 1.29 is 28.6 Å². The molecule has 0 aromatic carbocycles. The number of unbranched alkanes of at least 4 members (excludes halogenated alkanes) is 35. The van der Waals surface area contributed by atoms with Crippen LogP contribution in [0.25, 0.3) is 0 Å². The number of hydrogen-bond acceptors (Lipinski definition) is 6. The molecule has 0 amide bonds. The number of esters is 3. The van der Waals surface area contributed by atoms with Crippen LogP contribution in [0.1, 0.15) is 297 Å². The van der Waals surface area contributed by atoms with E-state index in [2.05, 4.69) is 45.1 Å². The van der Waals surface area contributed by atoms with Gasteiger partial charge in [0.05, 0.1) is 0 Å². The Labute approximate surface area is 385 Å². The minimum absolute atomic E-state index is 0.0667.